The lowest BCUT2D eigenvalue weighted by Gasteiger charge is -2.04. The van der Waals surface area contributed by atoms with E-state index < -0.39 is 0 Å². The molecule has 0 amide bonds. The average Bonchev–Trinajstić information content (AvgIpc) is 2.47. The Hall–Kier alpha value is -0.500. The van der Waals surface area contributed by atoms with Crippen LogP contribution in [0.5, 0.6) is 0 Å². The fraction of sp³-hybridized carbons (Fsp3) is 0.900. The summed E-state index contributed by atoms with van der Waals surface area (Å²) in [6.45, 7) is 6.47. The first-order valence-electron chi connectivity index (χ1n) is 9.60. The van der Waals surface area contributed by atoms with Gasteiger partial charge in [0.15, 0.2) is 0 Å². The van der Waals surface area contributed by atoms with Gasteiger partial charge in [0, 0.05) is 5.70 Å². The largest absolute Gasteiger partial charge is 0.412 e. The lowest BCUT2D eigenvalue weighted by molar-refractivity contribution is 0.535. The minimum atomic E-state index is 0. The van der Waals surface area contributed by atoms with Gasteiger partial charge in [0.25, 0.3) is 0 Å². The summed E-state index contributed by atoms with van der Waals surface area (Å²) in [6.07, 6.45) is 21.2. The van der Waals surface area contributed by atoms with E-state index in [0.717, 1.165) is 5.70 Å². The first kappa shape index (κ1) is 23.8. The normalized spacial score (nSPS) is 12.0. The van der Waals surface area contributed by atoms with Crippen LogP contribution in [0.2, 0.25) is 0 Å². The van der Waals surface area contributed by atoms with E-state index in [-0.39, 0.29) is 5.48 Å². The fourth-order valence-electron chi connectivity index (χ4n) is 2.78. The van der Waals surface area contributed by atoms with Crippen LogP contribution in [0.4, 0.5) is 0 Å². The molecule has 134 valence electrons. The summed E-state index contributed by atoms with van der Waals surface area (Å²) < 4.78 is 0. The molecule has 0 aliphatic carbocycles. The predicted molar refractivity (Wildman–Crippen MR) is 101 cm³/mol. The summed E-state index contributed by atoms with van der Waals surface area (Å²) in [5, 5.41) is 0. The molecule has 0 bridgehead atoms. The number of rotatable bonds is 15. The second kappa shape index (κ2) is 18.5. The third-order valence-electron chi connectivity index (χ3n) is 4.58. The van der Waals surface area contributed by atoms with Gasteiger partial charge >= 0.3 is 0 Å². The summed E-state index contributed by atoms with van der Waals surface area (Å²) in [5.41, 5.74) is 8.17. The van der Waals surface area contributed by atoms with Gasteiger partial charge in [-0.15, -0.1) is 0 Å². The van der Waals surface area contributed by atoms with Gasteiger partial charge in [-0.05, 0) is 26.7 Å². The zero-order chi connectivity index (χ0) is 15.8. The van der Waals surface area contributed by atoms with Gasteiger partial charge in [-0.1, -0.05) is 96.0 Å². The molecule has 4 N–H and O–H groups in total. The smallest absolute Gasteiger partial charge is 0.00379 e. The minimum absolute atomic E-state index is 0. The summed E-state index contributed by atoms with van der Waals surface area (Å²) in [7, 11) is 0. The van der Waals surface area contributed by atoms with Crippen molar-refractivity contribution in [3.05, 3.63) is 11.3 Å². The predicted octanol–water partition coefficient (Wildman–Crippen LogP) is 6.29. The van der Waals surface area contributed by atoms with Gasteiger partial charge in [-0.25, -0.2) is 0 Å². The Kier molecular flexibility index (Phi) is 20.0. The number of hydrogen-bond donors (Lipinski definition) is 1. The quantitative estimate of drug-likeness (QED) is 0.355. The third-order valence-corrected chi connectivity index (χ3v) is 4.58. The Balaban J connectivity index is 0. The zero-order valence-electron chi connectivity index (χ0n) is 15.7. The first-order chi connectivity index (χ1) is 10.2. The molecule has 0 radical (unpaired) electrons. The number of unbranched alkanes of at least 4 members (excludes halogenated alkanes) is 13. The van der Waals surface area contributed by atoms with Crippen LogP contribution in [0.15, 0.2) is 11.3 Å². The molecule has 0 rings (SSSR count). The fourth-order valence-corrected chi connectivity index (χ4v) is 2.78. The summed E-state index contributed by atoms with van der Waals surface area (Å²) in [6, 6.07) is 0. The van der Waals surface area contributed by atoms with Gasteiger partial charge < -0.3 is 11.2 Å². The van der Waals surface area contributed by atoms with Crippen LogP contribution in [0.25, 0.3) is 0 Å². The average molecular weight is 314 g/mol. The third kappa shape index (κ3) is 17.6. The Labute approximate surface area is 140 Å². The van der Waals surface area contributed by atoms with Crippen molar-refractivity contribution in [2.75, 3.05) is 0 Å². The monoisotopic (exact) mass is 313 g/mol. The second-order valence-electron chi connectivity index (χ2n) is 6.81. The van der Waals surface area contributed by atoms with Crippen LogP contribution in [0.3, 0.4) is 0 Å². The van der Waals surface area contributed by atoms with Crippen LogP contribution in [0.1, 0.15) is 117 Å². The molecule has 0 aromatic carbocycles. The number of hydrogen-bond acceptors (Lipinski definition) is 1. The first-order valence-corrected chi connectivity index (χ1v) is 9.60. The maximum absolute atomic E-state index is 5.77. The molecule has 2 heteroatoms. The van der Waals surface area contributed by atoms with E-state index in [2.05, 4.69) is 13.8 Å². The van der Waals surface area contributed by atoms with Crippen molar-refractivity contribution in [3.8, 4) is 0 Å². The van der Waals surface area contributed by atoms with Crippen molar-refractivity contribution < 1.29 is 5.48 Å². The van der Waals surface area contributed by atoms with E-state index in [4.69, 9.17) is 5.73 Å². The van der Waals surface area contributed by atoms with Crippen molar-refractivity contribution in [2.45, 2.75) is 117 Å². The molecule has 0 saturated heterocycles. The van der Waals surface area contributed by atoms with Crippen LogP contribution in [0, 0.1) is 0 Å². The van der Waals surface area contributed by atoms with E-state index >= 15 is 0 Å². The number of allylic oxidation sites excluding steroid dienone is 2. The topological polar surface area (TPSA) is 57.5 Å². The highest BCUT2D eigenvalue weighted by molar-refractivity contribution is 5.04. The van der Waals surface area contributed by atoms with Crippen LogP contribution >= 0.6 is 0 Å². The molecule has 0 atom stereocenters. The zero-order valence-corrected chi connectivity index (χ0v) is 15.7. The highest BCUT2D eigenvalue weighted by Crippen LogP contribution is 2.15. The summed E-state index contributed by atoms with van der Waals surface area (Å²) >= 11 is 0. The molecular formula is C20H43NO. The van der Waals surface area contributed by atoms with Gasteiger partial charge in [0.1, 0.15) is 0 Å². The molecular weight excluding hydrogens is 270 g/mol. The van der Waals surface area contributed by atoms with Crippen LogP contribution in [-0.4, -0.2) is 5.48 Å². The standard InChI is InChI=1S/C20H41N.H2O/c1-4-5-6-7-8-9-10-11-12-13-14-15-16-17-18-19(2)20(3)21;/h4-18,21H2,1-3H3;1H2. The molecule has 0 unspecified atom stereocenters. The van der Waals surface area contributed by atoms with E-state index in [1.807, 2.05) is 6.92 Å². The molecule has 22 heavy (non-hydrogen) atoms. The van der Waals surface area contributed by atoms with Gasteiger partial charge in [-0.2, -0.15) is 0 Å². The van der Waals surface area contributed by atoms with E-state index in [0.29, 0.717) is 0 Å². The van der Waals surface area contributed by atoms with Gasteiger partial charge in [0.05, 0.1) is 0 Å². The molecule has 0 aromatic rings. The highest BCUT2D eigenvalue weighted by Gasteiger charge is 1.96. The molecule has 0 aliphatic rings. The Morgan fingerprint density at radius 1 is 0.591 bits per heavy atom. The molecule has 0 aromatic heterocycles. The van der Waals surface area contributed by atoms with Crippen molar-refractivity contribution in [3.63, 3.8) is 0 Å². The Morgan fingerprint density at radius 3 is 1.23 bits per heavy atom. The second-order valence-corrected chi connectivity index (χ2v) is 6.81. The maximum Gasteiger partial charge on any atom is 0.00379 e. The summed E-state index contributed by atoms with van der Waals surface area (Å²) in [4.78, 5) is 0. The molecule has 0 aliphatic heterocycles. The Bertz CT molecular complexity index is 244. The SMILES string of the molecule is CCCCCCCCCCCCCCCCC(C)=C(C)N.O. The van der Waals surface area contributed by atoms with E-state index in [1.165, 1.54) is 102 Å². The lowest BCUT2D eigenvalue weighted by atomic mass is 10.0. The molecule has 2 nitrogen and oxygen atoms in total. The molecule has 0 saturated carbocycles. The number of nitrogens with two attached hydrogens (primary N) is 1. The minimum Gasteiger partial charge on any atom is -0.412 e. The van der Waals surface area contributed by atoms with E-state index in [1.54, 1.807) is 0 Å². The highest BCUT2D eigenvalue weighted by atomic mass is 16.0. The summed E-state index contributed by atoms with van der Waals surface area (Å²) in [5.74, 6) is 0. The van der Waals surface area contributed by atoms with Crippen LogP contribution in [-0.2, 0) is 0 Å². The van der Waals surface area contributed by atoms with E-state index in [9.17, 15) is 0 Å². The van der Waals surface area contributed by atoms with Gasteiger partial charge in [0.2, 0.25) is 0 Å². The maximum atomic E-state index is 5.77. The van der Waals surface area contributed by atoms with Gasteiger partial charge in [-0.3, -0.25) is 0 Å². The molecule has 0 fully saturated rings. The van der Waals surface area contributed by atoms with Crippen molar-refractivity contribution >= 4 is 0 Å². The van der Waals surface area contributed by atoms with Crippen LogP contribution < -0.4 is 5.73 Å². The molecule has 0 spiro atoms. The van der Waals surface area contributed by atoms with Crippen molar-refractivity contribution in [2.24, 2.45) is 5.73 Å². The van der Waals surface area contributed by atoms with Crippen molar-refractivity contribution in [1.29, 1.82) is 0 Å². The lowest BCUT2D eigenvalue weighted by Crippen LogP contribution is -1.95. The van der Waals surface area contributed by atoms with Crippen molar-refractivity contribution in [1.82, 2.24) is 0 Å². The molecule has 0 heterocycles. The Morgan fingerprint density at radius 2 is 0.909 bits per heavy atom.